The summed E-state index contributed by atoms with van der Waals surface area (Å²) >= 11 is 0. The third-order valence-corrected chi connectivity index (χ3v) is 3.61. The molecule has 1 aliphatic heterocycles. The van der Waals surface area contributed by atoms with Crippen LogP contribution in [0.3, 0.4) is 0 Å². The molecule has 1 saturated heterocycles. The fourth-order valence-corrected chi connectivity index (χ4v) is 2.36. The molecule has 124 valence electrons. The zero-order chi connectivity index (χ0) is 16.7. The average Bonchev–Trinajstić information content (AvgIpc) is 2.59. The van der Waals surface area contributed by atoms with Crippen molar-refractivity contribution in [1.29, 1.82) is 0 Å². The van der Waals surface area contributed by atoms with Crippen LogP contribution in [0.25, 0.3) is 0 Å². The molecule has 0 spiro atoms. The SMILES string of the molecule is O=C(O)CCC(NC(=O)c1ccccc1)C(=O)N1CCOCC1. The molecule has 1 aromatic carbocycles. The highest BCUT2D eigenvalue weighted by molar-refractivity contribution is 5.97. The molecule has 23 heavy (non-hydrogen) atoms. The van der Waals surface area contributed by atoms with Crippen molar-refractivity contribution in [1.82, 2.24) is 10.2 Å². The van der Waals surface area contributed by atoms with Gasteiger partial charge < -0.3 is 20.1 Å². The van der Waals surface area contributed by atoms with E-state index in [1.807, 2.05) is 0 Å². The summed E-state index contributed by atoms with van der Waals surface area (Å²) in [6, 6.07) is 7.68. The number of rotatable bonds is 6. The summed E-state index contributed by atoms with van der Waals surface area (Å²) in [7, 11) is 0. The first kappa shape index (κ1) is 17.0. The molecule has 0 aromatic heterocycles. The van der Waals surface area contributed by atoms with Crippen LogP contribution in [0.4, 0.5) is 0 Å². The van der Waals surface area contributed by atoms with Crippen molar-refractivity contribution in [2.75, 3.05) is 26.3 Å². The number of amides is 2. The average molecular weight is 320 g/mol. The largest absolute Gasteiger partial charge is 0.481 e. The van der Waals surface area contributed by atoms with E-state index in [1.165, 1.54) is 0 Å². The molecular weight excluding hydrogens is 300 g/mol. The smallest absolute Gasteiger partial charge is 0.303 e. The Morgan fingerprint density at radius 2 is 1.83 bits per heavy atom. The standard InChI is InChI=1S/C16H20N2O5/c19-14(20)7-6-13(16(22)18-8-10-23-11-9-18)17-15(21)12-4-2-1-3-5-12/h1-5,13H,6-11H2,(H,17,21)(H,19,20). The predicted octanol–water partition coefficient (Wildman–Crippen LogP) is 0.509. The first-order valence-electron chi connectivity index (χ1n) is 7.52. The summed E-state index contributed by atoms with van der Waals surface area (Å²) in [6.45, 7) is 1.79. The Morgan fingerprint density at radius 3 is 2.43 bits per heavy atom. The van der Waals surface area contributed by atoms with Gasteiger partial charge in [-0.1, -0.05) is 18.2 Å². The monoisotopic (exact) mass is 320 g/mol. The van der Waals surface area contributed by atoms with Crippen LogP contribution < -0.4 is 5.32 Å². The summed E-state index contributed by atoms with van der Waals surface area (Å²) < 4.78 is 5.20. The molecule has 0 aliphatic carbocycles. The van der Waals surface area contributed by atoms with E-state index < -0.39 is 12.0 Å². The van der Waals surface area contributed by atoms with Gasteiger partial charge in [0.1, 0.15) is 6.04 Å². The van der Waals surface area contributed by atoms with Crippen LogP contribution in [0.1, 0.15) is 23.2 Å². The van der Waals surface area contributed by atoms with Gasteiger partial charge >= 0.3 is 5.97 Å². The maximum absolute atomic E-state index is 12.5. The van der Waals surface area contributed by atoms with Gasteiger partial charge in [-0.3, -0.25) is 14.4 Å². The van der Waals surface area contributed by atoms with E-state index in [-0.39, 0.29) is 24.7 Å². The molecule has 1 atom stereocenters. The normalized spacial score (nSPS) is 15.7. The Hall–Kier alpha value is -2.41. The number of carboxylic acid groups (broad SMARTS) is 1. The lowest BCUT2D eigenvalue weighted by Gasteiger charge is -2.30. The minimum atomic E-state index is -1.00. The minimum absolute atomic E-state index is 0.0596. The highest BCUT2D eigenvalue weighted by atomic mass is 16.5. The number of nitrogens with zero attached hydrogens (tertiary/aromatic N) is 1. The Morgan fingerprint density at radius 1 is 1.17 bits per heavy atom. The van der Waals surface area contributed by atoms with Crippen molar-refractivity contribution >= 4 is 17.8 Å². The van der Waals surface area contributed by atoms with Gasteiger partial charge in [0.2, 0.25) is 5.91 Å². The lowest BCUT2D eigenvalue weighted by molar-refractivity contribution is -0.139. The summed E-state index contributed by atoms with van der Waals surface area (Å²) in [4.78, 5) is 37.2. The molecule has 1 aliphatic rings. The van der Waals surface area contributed by atoms with Crippen molar-refractivity contribution in [2.45, 2.75) is 18.9 Å². The Bertz CT molecular complexity index is 555. The number of carbonyl (C=O) groups is 3. The molecule has 1 aromatic rings. The molecule has 2 rings (SSSR count). The second-order valence-electron chi connectivity index (χ2n) is 5.26. The zero-order valence-electron chi connectivity index (χ0n) is 12.7. The number of ether oxygens (including phenoxy) is 1. The van der Waals surface area contributed by atoms with Crippen molar-refractivity contribution in [3.05, 3.63) is 35.9 Å². The van der Waals surface area contributed by atoms with E-state index >= 15 is 0 Å². The third kappa shape index (κ3) is 5.07. The maximum Gasteiger partial charge on any atom is 0.303 e. The number of hydrogen-bond acceptors (Lipinski definition) is 4. The molecule has 1 fully saturated rings. The van der Waals surface area contributed by atoms with Gasteiger partial charge in [0.05, 0.1) is 13.2 Å². The maximum atomic E-state index is 12.5. The van der Waals surface area contributed by atoms with Gasteiger partial charge in [-0.05, 0) is 18.6 Å². The Kier molecular flexibility index (Phi) is 6.10. The third-order valence-electron chi connectivity index (χ3n) is 3.61. The molecule has 7 heteroatoms. The van der Waals surface area contributed by atoms with E-state index in [0.29, 0.717) is 31.9 Å². The molecular formula is C16H20N2O5. The molecule has 2 amide bonds. The van der Waals surface area contributed by atoms with Crippen LogP contribution in [0.15, 0.2) is 30.3 Å². The molecule has 0 saturated carbocycles. The van der Waals surface area contributed by atoms with Crippen LogP contribution in [-0.4, -0.2) is 60.1 Å². The van der Waals surface area contributed by atoms with Gasteiger partial charge in [-0.2, -0.15) is 0 Å². The lowest BCUT2D eigenvalue weighted by atomic mass is 10.1. The summed E-state index contributed by atoms with van der Waals surface area (Å²) in [5, 5.41) is 11.5. The lowest BCUT2D eigenvalue weighted by Crippen LogP contribution is -2.51. The van der Waals surface area contributed by atoms with Crippen LogP contribution in [-0.2, 0) is 14.3 Å². The van der Waals surface area contributed by atoms with Gasteiger partial charge in [0.25, 0.3) is 5.91 Å². The quantitative estimate of drug-likeness (QED) is 0.796. The van der Waals surface area contributed by atoms with E-state index in [0.717, 1.165) is 0 Å². The fraction of sp³-hybridized carbons (Fsp3) is 0.438. The van der Waals surface area contributed by atoms with E-state index in [4.69, 9.17) is 9.84 Å². The molecule has 7 nitrogen and oxygen atoms in total. The molecule has 0 bridgehead atoms. The van der Waals surface area contributed by atoms with Crippen LogP contribution in [0.5, 0.6) is 0 Å². The number of benzene rings is 1. The van der Waals surface area contributed by atoms with Crippen LogP contribution in [0.2, 0.25) is 0 Å². The van der Waals surface area contributed by atoms with Crippen molar-refractivity contribution in [2.24, 2.45) is 0 Å². The van der Waals surface area contributed by atoms with Crippen molar-refractivity contribution in [3.8, 4) is 0 Å². The van der Waals surface area contributed by atoms with Crippen molar-refractivity contribution < 1.29 is 24.2 Å². The number of morpholine rings is 1. The summed E-state index contributed by atoms with van der Waals surface area (Å²) in [5.41, 5.74) is 0.433. The summed E-state index contributed by atoms with van der Waals surface area (Å²) in [5.74, 6) is -1.65. The Labute approximate surface area is 134 Å². The first-order valence-corrected chi connectivity index (χ1v) is 7.52. The van der Waals surface area contributed by atoms with Gasteiger partial charge in [0, 0.05) is 25.1 Å². The number of hydrogen-bond donors (Lipinski definition) is 2. The molecule has 1 heterocycles. The predicted molar refractivity (Wildman–Crippen MR) is 82.0 cm³/mol. The second kappa shape index (κ2) is 8.28. The van der Waals surface area contributed by atoms with E-state index in [9.17, 15) is 14.4 Å². The molecule has 0 radical (unpaired) electrons. The highest BCUT2D eigenvalue weighted by Crippen LogP contribution is 2.08. The minimum Gasteiger partial charge on any atom is -0.481 e. The van der Waals surface area contributed by atoms with Crippen molar-refractivity contribution in [3.63, 3.8) is 0 Å². The first-order chi connectivity index (χ1) is 11.1. The summed E-state index contributed by atoms with van der Waals surface area (Å²) in [6.07, 6.45) is -0.125. The van der Waals surface area contributed by atoms with Gasteiger partial charge in [-0.15, -0.1) is 0 Å². The van der Waals surface area contributed by atoms with Gasteiger partial charge in [0.15, 0.2) is 0 Å². The topological polar surface area (TPSA) is 95.9 Å². The van der Waals surface area contributed by atoms with E-state index in [1.54, 1.807) is 35.2 Å². The van der Waals surface area contributed by atoms with Crippen LogP contribution in [0, 0.1) is 0 Å². The van der Waals surface area contributed by atoms with E-state index in [2.05, 4.69) is 5.32 Å². The highest BCUT2D eigenvalue weighted by Gasteiger charge is 2.27. The van der Waals surface area contributed by atoms with Crippen LogP contribution >= 0.6 is 0 Å². The number of carbonyl (C=O) groups excluding carboxylic acids is 2. The number of aliphatic carboxylic acids is 1. The fourth-order valence-electron chi connectivity index (χ4n) is 2.36. The second-order valence-corrected chi connectivity index (χ2v) is 5.26. The Balaban J connectivity index is 2.05. The number of carboxylic acids is 1. The van der Waals surface area contributed by atoms with Gasteiger partial charge in [-0.25, -0.2) is 0 Å². The number of nitrogens with one attached hydrogen (secondary N) is 1. The zero-order valence-corrected chi connectivity index (χ0v) is 12.7. The molecule has 2 N–H and O–H groups in total. The molecule has 1 unspecified atom stereocenters.